The maximum Gasteiger partial charge on any atom is 0.150 e. The van der Waals surface area contributed by atoms with E-state index in [9.17, 15) is 8.42 Å². The van der Waals surface area contributed by atoms with Crippen LogP contribution in [0.5, 0.6) is 0 Å². The molecule has 0 fully saturated rings. The second-order valence-electron chi connectivity index (χ2n) is 5.45. The van der Waals surface area contributed by atoms with Gasteiger partial charge in [-0.1, -0.05) is 31.5 Å². The Hall–Kier alpha value is -0.580. The molecule has 21 heavy (non-hydrogen) atoms. The maximum atomic E-state index is 11.6. The summed E-state index contributed by atoms with van der Waals surface area (Å²) in [5.74, 6) is 0.476. The molecule has 5 heteroatoms. The highest BCUT2D eigenvalue weighted by Gasteiger charge is 2.14. The summed E-state index contributed by atoms with van der Waals surface area (Å²) in [5.41, 5.74) is 2.27. The summed E-state index contributed by atoms with van der Waals surface area (Å²) in [4.78, 5) is 0. The second-order valence-corrected chi connectivity index (χ2v) is 8.36. The third kappa shape index (κ3) is 6.81. The molecule has 0 spiro atoms. The standard InChI is InChI=1S/C16H26ClNO2S/c1-4-8-18-16(7-6-9-21(19,20)5-2)14-10-13(3)11-15(17)12-14/h10-12,16,18H,4-9H2,1-3H3. The number of benzene rings is 1. The Kier molecular flexibility index (Phi) is 7.71. The van der Waals surface area contributed by atoms with Crippen LogP contribution >= 0.6 is 11.6 Å². The number of sulfone groups is 1. The van der Waals surface area contributed by atoms with Crippen LogP contribution in [0.25, 0.3) is 0 Å². The zero-order valence-electron chi connectivity index (χ0n) is 13.2. The first kappa shape index (κ1) is 18.5. The predicted molar refractivity (Wildman–Crippen MR) is 90.8 cm³/mol. The molecule has 0 aliphatic carbocycles. The minimum absolute atomic E-state index is 0.161. The van der Waals surface area contributed by atoms with Gasteiger partial charge in [0.1, 0.15) is 9.84 Å². The number of halogens is 1. The summed E-state index contributed by atoms with van der Waals surface area (Å²) in [6, 6.07) is 6.18. The number of aryl methyl sites for hydroxylation is 1. The average Bonchev–Trinajstić information content (AvgIpc) is 2.41. The highest BCUT2D eigenvalue weighted by atomic mass is 35.5. The first-order chi connectivity index (χ1) is 9.88. The molecular weight excluding hydrogens is 306 g/mol. The van der Waals surface area contributed by atoms with Crippen LogP contribution in [-0.2, 0) is 9.84 Å². The van der Waals surface area contributed by atoms with E-state index in [4.69, 9.17) is 11.6 Å². The van der Waals surface area contributed by atoms with Crippen molar-refractivity contribution >= 4 is 21.4 Å². The molecule has 0 amide bonds. The number of nitrogens with one attached hydrogen (secondary N) is 1. The minimum atomic E-state index is -2.89. The molecule has 0 bridgehead atoms. The molecule has 0 saturated carbocycles. The Balaban J connectivity index is 2.75. The van der Waals surface area contributed by atoms with Crippen LogP contribution < -0.4 is 5.32 Å². The first-order valence-electron chi connectivity index (χ1n) is 7.59. The van der Waals surface area contributed by atoms with Crippen LogP contribution in [0, 0.1) is 6.92 Å². The average molecular weight is 332 g/mol. The molecule has 120 valence electrons. The number of hydrogen-bond acceptors (Lipinski definition) is 3. The van der Waals surface area contributed by atoms with Crippen LogP contribution in [0.4, 0.5) is 0 Å². The summed E-state index contributed by atoms with van der Waals surface area (Å²) in [5, 5.41) is 4.22. The first-order valence-corrected chi connectivity index (χ1v) is 9.78. The predicted octanol–water partition coefficient (Wildman–Crippen LogP) is 3.90. The smallest absolute Gasteiger partial charge is 0.150 e. The van der Waals surface area contributed by atoms with Crippen molar-refractivity contribution in [1.82, 2.24) is 5.32 Å². The molecule has 1 N–H and O–H groups in total. The molecule has 1 rings (SSSR count). The molecule has 0 aromatic heterocycles. The topological polar surface area (TPSA) is 46.2 Å². The summed E-state index contributed by atoms with van der Waals surface area (Å²) in [6.45, 7) is 6.75. The van der Waals surface area contributed by atoms with Gasteiger partial charge < -0.3 is 5.32 Å². The molecular formula is C16H26ClNO2S. The monoisotopic (exact) mass is 331 g/mol. The lowest BCUT2D eigenvalue weighted by Crippen LogP contribution is -2.23. The molecule has 0 radical (unpaired) electrons. The molecule has 0 aliphatic rings. The normalized spacial score (nSPS) is 13.3. The van der Waals surface area contributed by atoms with Crippen LogP contribution in [0.3, 0.4) is 0 Å². The van der Waals surface area contributed by atoms with E-state index in [2.05, 4.69) is 18.3 Å². The third-order valence-corrected chi connectivity index (χ3v) is 5.50. The van der Waals surface area contributed by atoms with Crippen molar-refractivity contribution in [3.63, 3.8) is 0 Å². The number of hydrogen-bond donors (Lipinski definition) is 1. The van der Waals surface area contributed by atoms with Crippen molar-refractivity contribution in [2.75, 3.05) is 18.1 Å². The minimum Gasteiger partial charge on any atom is -0.310 e. The van der Waals surface area contributed by atoms with Gasteiger partial charge >= 0.3 is 0 Å². The van der Waals surface area contributed by atoms with E-state index >= 15 is 0 Å². The van der Waals surface area contributed by atoms with Crippen molar-refractivity contribution < 1.29 is 8.42 Å². The quantitative estimate of drug-likeness (QED) is 0.746. The molecule has 1 aromatic rings. The fourth-order valence-electron chi connectivity index (χ4n) is 2.32. The van der Waals surface area contributed by atoms with Crippen molar-refractivity contribution in [3.8, 4) is 0 Å². The van der Waals surface area contributed by atoms with Crippen molar-refractivity contribution in [2.45, 2.75) is 46.1 Å². The highest BCUT2D eigenvalue weighted by Crippen LogP contribution is 2.24. The van der Waals surface area contributed by atoms with E-state index in [0.717, 1.165) is 35.5 Å². The Morgan fingerprint density at radius 3 is 2.52 bits per heavy atom. The maximum absolute atomic E-state index is 11.6. The van der Waals surface area contributed by atoms with Gasteiger partial charge in [-0.2, -0.15) is 0 Å². The largest absolute Gasteiger partial charge is 0.310 e. The molecule has 3 nitrogen and oxygen atoms in total. The van der Waals surface area contributed by atoms with Gasteiger partial charge in [-0.15, -0.1) is 0 Å². The van der Waals surface area contributed by atoms with E-state index in [1.54, 1.807) is 6.92 Å². The van der Waals surface area contributed by atoms with Gasteiger partial charge in [-0.25, -0.2) is 8.42 Å². The highest BCUT2D eigenvalue weighted by molar-refractivity contribution is 7.91. The van der Waals surface area contributed by atoms with Gasteiger partial charge in [0, 0.05) is 16.8 Å². The van der Waals surface area contributed by atoms with Crippen molar-refractivity contribution in [3.05, 3.63) is 34.3 Å². The summed E-state index contributed by atoms with van der Waals surface area (Å²) in [7, 11) is -2.89. The second kappa shape index (κ2) is 8.76. The zero-order chi connectivity index (χ0) is 15.9. The Morgan fingerprint density at radius 1 is 1.24 bits per heavy atom. The van der Waals surface area contributed by atoms with E-state index in [1.165, 1.54) is 0 Å². The van der Waals surface area contributed by atoms with Gasteiger partial charge in [-0.05, 0) is 56.0 Å². The van der Waals surface area contributed by atoms with E-state index < -0.39 is 9.84 Å². The van der Waals surface area contributed by atoms with Crippen LogP contribution in [0.1, 0.15) is 50.3 Å². The summed E-state index contributed by atoms with van der Waals surface area (Å²) < 4.78 is 23.2. The molecule has 1 unspecified atom stereocenters. The lowest BCUT2D eigenvalue weighted by Gasteiger charge is -2.20. The van der Waals surface area contributed by atoms with E-state index in [0.29, 0.717) is 6.42 Å². The van der Waals surface area contributed by atoms with Gasteiger partial charge in [0.25, 0.3) is 0 Å². The lowest BCUT2D eigenvalue weighted by atomic mass is 10.0. The molecule has 0 saturated heterocycles. The molecule has 0 aliphatic heterocycles. The summed E-state index contributed by atoms with van der Waals surface area (Å²) >= 11 is 6.13. The summed E-state index contributed by atoms with van der Waals surface area (Å²) in [6.07, 6.45) is 2.52. The van der Waals surface area contributed by atoms with Gasteiger partial charge in [0.15, 0.2) is 0 Å². The molecule has 1 atom stereocenters. The fraction of sp³-hybridized carbons (Fsp3) is 0.625. The van der Waals surface area contributed by atoms with Crippen molar-refractivity contribution in [2.24, 2.45) is 0 Å². The molecule has 0 heterocycles. The SMILES string of the molecule is CCCNC(CCCS(=O)(=O)CC)c1cc(C)cc(Cl)c1. The van der Waals surface area contributed by atoms with Gasteiger partial charge in [-0.3, -0.25) is 0 Å². The van der Waals surface area contributed by atoms with E-state index in [1.807, 2.05) is 19.1 Å². The molecule has 1 aromatic carbocycles. The van der Waals surface area contributed by atoms with Crippen LogP contribution in [0.15, 0.2) is 18.2 Å². The fourth-order valence-corrected chi connectivity index (χ4v) is 3.52. The Morgan fingerprint density at radius 2 is 1.95 bits per heavy atom. The number of rotatable bonds is 9. The lowest BCUT2D eigenvalue weighted by molar-refractivity contribution is 0.492. The van der Waals surface area contributed by atoms with Gasteiger partial charge in [0.05, 0.1) is 5.75 Å². The van der Waals surface area contributed by atoms with Gasteiger partial charge in [0.2, 0.25) is 0 Å². The van der Waals surface area contributed by atoms with Crippen molar-refractivity contribution in [1.29, 1.82) is 0 Å². The third-order valence-electron chi connectivity index (χ3n) is 3.50. The van der Waals surface area contributed by atoms with Crippen LogP contribution in [-0.4, -0.2) is 26.5 Å². The Bertz CT molecular complexity index is 523. The Labute approximate surface area is 134 Å². The van der Waals surface area contributed by atoms with E-state index in [-0.39, 0.29) is 17.5 Å². The van der Waals surface area contributed by atoms with Crippen LogP contribution in [0.2, 0.25) is 5.02 Å². The zero-order valence-corrected chi connectivity index (χ0v) is 14.7.